The van der Waals surface area contributed by atoms with Gasteiger partial charge in [0.25, 0.3) is 0 Å². The maximum Gasteiger partial charge on any atom is 0.184 e. The molecule has 0 aromatic carbocycles. The zero-order valence-corrected chi connectivity index (χ0v) is 9.52. The molecule has 70 valence electrons. The van der Waals surface area contributed by atoms with Gasteiger partial charge in [0.2, 0.25) is 0 Å². The molecule has 0 saturated heterocycles. The van der Waals surface area contributed by atoms with Crippen LogP contribution in [0.1, 0.15) is 32.1 Å². The molecule has 0 radical (unpaired) electrons. The van der Waals surface area contributed by atoms with Crippen LogP contribution in [0.4, 0.5) is 0 Å². The topological polar surface area (TPSA) is 9.23 Å². The van der Waals surface area contributed by atoms with Crippen LogP contribution in [0.2, 0.25) is 19.6 Å². The van der Waals surface area contributed by atoms with Crippen molar-refractivity contribution in [1.29, 1.82) is 0 Å². The molecule has 2 fully saturated rings. The van der Waals surface area contributed by atoms with Crippen LogP contribution in [0.5, 0.6) is 0 Å². The van der Waals surface area contributed by atoms with Gasteiger partial charge < -0.3 is 4.43 Å². The maximum absolute atomic E-state index is 6.28. The molecule has 0 N–H and O–H groups in total. The molecule has 2 aliphatic rings. The van der Waals surface area contributed by atoms with Crippen LogP contribution in [0, 0.1) is 5.92 Å². The Hall–Kier alpha value is 0.177. The smallest absolute Gasteiger partial charge is 0.184 e. The normalized spacial score (nSPS) is 40.8. The van der Waals surface area contributed by atoms with Gasteiger partial charge in [-0.2, -0.15) is 0 Å². The van der Waals surface area contributed by atoms with Gasteiger partial charge >= 0.3 is 0 Å². The molecule has 0 heterocycles. The fourth-order valence-electron chi connectivity index (χ4n) is 2.63. The Morgan fingerprint density at radius 2 is 2.00 bits per heavy atom. The lowest BCUT2D eigenvalue weighted by Gasteiger charge is -2.30. The van der Waals surface area contributed by atoms with E-state index in [9.17, 15) is 0 Å². The monoisotopic (exact) mass is 184 g/mol. The van der Waals surface area contributed by atoms with Gasteiger partial charge in [0.05, 0.1) is 5.60 Å². The predicted octanol–water partition coefficient (Wildman–Crippen LogP) is 3.17. The summed E-state index contributed by atoms with van der Waals surface area (Å²) in [6.45, 7) is 6.93. The molecule has 1 nitrogen and oxygen atoms in total. The van der Waals surface area contributed by atoms with E-state index < -0.39 is 8.32 Å². The summed E-state index contributed by atoms with van der Waals surface area (Å²) in [7, 11) is -1.28. The van der Waals surface area contributed by atoms with E-state index in [0.717, 1.165) is 5.92 Å². The summed E-state index contributed by atoms with van der Waals surface area (Å²) >= 11 is 0. The van der Waals surface area contributed by atoms with Crippen molar-refractivity contribution in [3.05, 3.63) is 0 Å². The standard InChI is InChI=1S/C10H20OSi/c1-12(2,3)11-10-7-5-4-6-9(10)8-10/h9H,4-8H2,1-3H3/t9-,10-/m1/s1. The van der Waals surface area contributed by atoms with Crippen molar-refractivity contribution in [2.45, 2.75) is 57.3 Å². The van der Waals surface area contributed by atoms with Crippen molar-refractivity contribution in [2.75, 3.05) is 0 Å². The molecule has 0 aromatic heterocycles. The summed E-state index contributed by atoms with van der Waals surface area (Å²) in [5, 5.41) is 0. The molecular formula is C10H20OSi. The maximum atomic E-state index is 6.28. The summed E-state index contributed by atoms with van der Waals surface area (Å²) in [5.41, 5.74) is 0.392. The Kier molecular flexibility index (Phi) is 1.88. The molecule has 0 bridgehead atoms. The quantitative estimate of drug-likeness (QED) is 0.599. The van der Waals surface area contributed by atoms with Crippen molar-refractivity contribution in [1.82, 2.24) is 0 Å². The van der Waals surface area contributed by atoms with Crippen molar-refractivity contribution in [3.63, 3.8) is 0 Å². The average Bonchev–Trinajstić information content (AvgIpc) is 2.56. The first-order valence-corrected chi connectivity index (χ1v) is 8.63. The molecule has 2 rings (SSSR count). The summed E-state index contributed by atoms with van der Waals surface area (Å²) in [4.78, 5) is 0. The van der Waals surface area contributed by atoms with E-state index in [1.807, 2.05) is 0 Å². The lowest BCUT2D eigenvalue weighted by Crippen LogP contribution is -2.35. The van der Waals surface area contributed by atoms with Gasteiger partial charge in [-0.05, 0) is 44.8 Å². The van der Waals surface area contributed by atoms with Gasteiger partial charge in [0.15, 0.2) is 8.32 Å². The third-order valence-electron chi connectivity index (χ3n) is 3.09. The highest BCUT2D eigenvalue weighted by atomic mass is 28.4. The first-order valence-electron chi connectivity index (χ1n) is 5.22. The van der Waals surface area contributed by atoms with E-state index in [0.29, 0.717) is 5.60 Å². The Morgan fingerprint density at radius 3 is 2.58 bits per heavy atom. The number of fused-ring (bicyclic) bond motifs is 1. The number of hydrogen-bond donors (Lipinski definition) is 0. The molecule has 2 heteroatoms. The fraction of sp³-hybridized carbons (Fsp3) is 1.00. The van der Waals surface area contributed by atoms with E-state index in [1.165, 1.54) is 32.1 Å². The molecule has 0 spiro atoms. The van der Waals surface area contributed by atoms with Gasteiger partial charge in [-0.15, -0.1) is 0 Å². The fourth-order valence-corrected chi connectivity index (χ4v) is 4.20. The largest absolute Gasteiger partial charge is 0.412 e. The second-order valence-electron chi connectivity index (χ2n) is 5.43. The van der Waals surface area contributed by atoms with Crippen LogP contribution < -0.4 is 0 Å². The molecule has 0 unspecified atom stereocenters. The molecule has 0 aromatic rings. The molecule has 0 amide bonds. The van der Waals surface area contributed by atoms with Crippen LogP contribution in [0.15, 0.2) is 0 Å². The highest BCUT2D eigenvalue weighted by Crippen LogP contribution is 2.57. The Morgan fingerprint density at radius 1 is 1.25 bits per heavy atom. The van der Waals surface area contributed by atoms with E-state index in [-0.39, 0.29) is 0 Å². The third kappa shape index (κ3) is 1.60. The average molecular weight is 184 g/mol. The lowest BCUT2D eigenvalue weighted by atomic mass is 9.98. The lowest BCUT2D eigenvalue weighted by molar-refractivity contribution is 0.120. The van der Waals surface area contributed by atoms with Crippen molar-refractivity contribution < 1.29 is 4.43 Å². The Balaban J connectivity index is 1.96. The summed E-state index contributed by atoms with van der Waals surface area (Å²) in [5.74, 6) is 0.943. The van der Waals surface area contributed by atoms with Crippen LogP contribution in [0.25, 0.3) is 0 Å². The molecular weight excluding hydrogens is 164 g/mol. The van der Waals surface area contributed by atoms with Crippen molar-refractivity contribution in [2.24, 2.45) is 5.92 Å². The summed E-state index contributed by atoms with van der Waals surface area (Å²) in [6, 6.07) is 0. The SMILES string of the molecule is C[Si](C)(C)O[C@@]12CCCC[C@@H]1C2. The van der Waals surface area contributed by atoms with Crippen LogP contribution in [0.3, 0.4) is 0 Å². The van der Waals surface area contributed by atoms with Crippen molar-refractivity contribution in [3.8, 4) is 0 Å². The highest BCUT2D eigenvalue weighted by molar-refractivity contribution is 6.69. The van der Waals surface area contributed by atoms with Crippen LogP contribution in [-0.2, 0) is 4.43 Å². The minimum absolute atomic E-state index is 0.392. The second kappa shape index (κ2) is 2.58. The zero-order chi connectivity index (χ0) is 8.82. The number of rotatable bonds is 2. The van der Waals surface area contributed by atoms with Gasteiger partial charge in [-0.25, -0.2) is 0 Å². The van der Waals surface area contributed by atoms with Crippen molar-refractivity contribution >= 4 is 8.32 Å². The Bertz CT molecular complexity index is 185. The molecule has 0 aliphatic heterocycles. The molecule has 2 atom stereocenters. The summed E-state index contributed by atoms with van der Waals surface area (Å²) < 4.78 is 6.28. The first-order chi connectivity index (χ1) is 5.52. The van der Waals surface area contributed by atoms with E-state index in [1.54, 1.807) is 0 Å². The molecule has 2 saturated carbocycles. The van der Waals surface area contributed by atoms with E-state index in [2.05, 4.69) is 19.6 Å². The second-order valence-corrected chi connectivity index (χ2v) is 9.85. The highest BCUT2D eigenvalue weighted by Gasteiger charge is 2.57. The third-order valence-corrected chi connectivity index (χ3v) is 4.11. The zero-order valence-electron chi connectivity index (χ0n) is 8.52. The summed E-state index contributed by atoms with van der Waals surface area (Å²) in [6.07, 6.45) is 7.01. The van der Waals surface area contributed by atoms with Gasteiger partial charge in [0, 0.05) is 0 Å². The molecule has 12 heavy (non-hydrogen) atoms. The van der Waals surface area contributed by atoms with Crippen LogP contribution >= 0.6 is 0 Å². The minimum atomic E-state index is -1.28. The minimum Gasteiger partial charge on any atom is -0.412 e. The van der Waals surface area contributed by atoms with Crippen LogP contribution in [-0.4, -0.2) is 13.9 Å². The number of hydrogen-bond acceptors (Lipinski definition) is 1. The van der Waals surface area contributed by atoms with Gasteiger partial charge in [0.1, 0.15) is 0 Å². The van der Waals surface area contributed by atoms with E-state index >= 15 is 0 Å². The van der Waals surface area contributed by atoms with E-state index in [4.69, 9.17) is 4.43 Å². The van der Waals surface area contributed by atoms with Gasteiger partial charge in [-0.1, -0.05) is 12.8 Å². The predicted molar refractivity (Wildman–Crippen MR) is 53.7 cm³/mol. The Labute approximate surface area is 76.6 Å². The van der Waals surface area contributed by atoms with Gasteiger partial charge in [-0.3, -0.25) is 0 Å². The first kappa shape index (κ1) is 8.76. The molecule has 2 aliphatic carbocycles.